The number of nitrogens with one attached hydrogen (secondary N) is 1. The van der Waals surface area contributed by atoms with E-state index in [9.17, 15) is 14.9 Å². The number of aryl methyl sites for hydroxylation is 1. The number of aromatic nitrogens is 2. The van der Waals surface area contributed by atoms with Gasteiger partial charge < -0.3 is 9.84 Å². The number of nitro groups is 1. The molecule has 0 bridgehead atoms. The predicted octanol–water partition coefficient (Wildman–Crippen LogP) is 3.54. The highest BCUT2D eigenvalue weighted by molar-refractivity contribution is 6.32. The van der Waals surface area contributed by atoms with E-state index in [1.165, 1.54) is 12.1 Å². The summed E-state index contributed by atoms with van der Waals surface area (Å²) in [6.45, 7) is 1.95. The summed E-state index contributed by atoms with van der Waals surface area (Å²) < 4.78 is 5.12. The zero-order chi connectivity index (χ0) is 18.7. The van der Waals surface area contributed by atoms with Gasteiger partial charge in [-0.3, -0.25) is 14.9 Å². The lowest BCUT2D eigenvalue weighted by Gasteiger charge is -2.03. The molecular formula is C17H13ClN4O4. The van der Waals surface area contributed by atoms with E-state index >= 15 is 0 Å². The van der Waals surface area contributed by atoms with Crippen molar-refractivity contribution in [2.24, 2.45) is 0 Å². The third-order valence-electron chi connectivity index (χ3n) is 3.55. The van der Waals surface area contributed by atoms with Crippen LogP contribution in [0.3, 0.4) is 0 Å². The number of carbonyl (C=O) groups excluding carboxylic acids is 1. The van der Waals surface area contributed by atoms with Crippen molar-refractivity contribution < 1.29 is 14.2 Å². The Morgan fingerprint density at radius 1 is 1.31 bits per heavy atom. The van der Waals surface area contributed by atoms with Crippen molar-refractivity contribution in [3.63, 3.8) is 0 Å². The summed E-state index contributed by atoms with van der Waals surface area (Å²) in [6.07, 6.45) is 0. The first kappa shape index (κ1) is 17.6. The number of benzene rings is 2. The molecule has 0 unspecified atom stereocenters. The number of nitro benzene ring substituents is 1. The molecule has 2 aromatic carbocycles. The van der Waals surface area contributed by atoms with E-state index in [0.717, 1.165) is 17.2 Å². The number of hydrogen-bond donors (Lipinski definition) is 1. The fourth-order valence-corrected chi connectivity index (χ4v) is 2.47. The SMILES string of the molecule is Cc1cccc(-c2noc(CNC(=O)c3ccc(Cl)c([N+](=O)[O-])c3)n2)c1. The van der Waals surface area contributed by atoms with Crippen LogP contribution < -0.4 is 5.32 Å². The van der Waals surface area contributed by atoms with E-state index in [1.807, 2.05) is 31.2 Å². The Morgan fingerprint density at radius 2 is 2.12 bits per heavy atom. The highest BCUT2D eigenvalue weighted by Gasteiger charge is 2.17. The first-order chi connectivity index (χ1) is 12.4. The lowest BCUT2D eigenvalue weighted by atomic mass is 10.1. The Bertz CT molecular complexity index is 986. The van der Waals surface area contributed by atoms with Crippen molar-refractivity contribution in [3.05, 3.63) is 74.6 Å². The first-order valence-corrected chi connectivity index (χ1v) is 7.93. The second-order valence-corrected chi connectivity index (χ2v) is 5.89. The summed E-state index contributed by atoms with van der Waals surface area (Å²) in [6, 6.07) is 11.4. The Morgan fingerprint density at radius 3 is 2.85 bits per heavy atom. The molecule has 26 heavy (non-hydrogen) atoms. The number of carbonyl (C=O) groups is 1. The fourth-order valence-electron chi connectivity index (χ4n) is 2.28. The first-order valence-electron chi connectivity index (χ1n) is 7.56. The standard InChI is InChI=1S/C17H13ClN4O4/c1-10-3-2-4-11(7-10)16-20-15(26-21-16)9-19-17(23)12-5-6-13(18)14(8-12)22(24)25/h2-8H,9H2,1H3,(H,19,23). The van der Waals surface area contributed by atoms with Gasteiger partial charge in [-0.1, -0.05) is 40.5 Å². The van der Waals surface area contributed by atoms with Gasteiger partial charge in [-0.25, -0.2) is 0 Å². The molecule has 3 rings (SSSR count). The fraction of sp³-hybridized carbons (Fsp3) is 0.118. The van der Waals surface area contributed by atoms with Crippen LogP contribution in [0.2, 0.25) is 5.02 Å². The van der Waals surface area contributed by atoms with Crippen LogP contribution in [-0.4, -0.2) is 21.0 Å². The van der Waals surface area contributed by atoms with E-state index < -0.39 is 10.8 Å². The molecule has 132 valence electrons. The van der Waals surface area contributed by atoms with Gasteiger partial charge in [-0.2, -0.15) is 4.98 Å². The lowest BCUT2D eigenvalue weighted by molar-refractivity contribution is -0.384. The molecule has 1 heterocycles. The van der Waals surface area contributed by atoms with E-state index in [0.29, 0.717) is 5.82 Å². The van der Waals surface area contributed by atoms with Crippen molar-refractivity contribution in [3.8, 4) is 11.4 Å². The summed E-state index contributed by atoms with van der Waals surface area (Å²) in [5.41, 5.74) is 1.64. The highest BCUT2D eigenvalue weighted by atomic mass is 35.5. The van der Waals surface area contributed by atoms with Gasteiger partial charge in [0.05, 0.1) is 11.5 Å². The molecule has 3 aromatic rings. The smallest absolute Gasteiger partial charge is 0.288 e. The molecule has 0 radical (unpaired) electrons. The van der Waals surface area contributed by atoms with Gasteiger partial charge >= 0.3 is 0 Å². The van der Waals surface area contributed by atoms with Crippen molar-refractivity contribution in [2.75, 3.05) is 0 Å². The van der Waals surface area contributed by atoms with Crippen molar-refractivity contribution >= 4 is 23.2 Å². The average molecular weight is 373 g/mol. The molecule has 9 heteroatoms. The van der Waals surface area contributed by atoms with Gasteiger partial charge in [0.25, 0.3) is 11.6 Å². The Hall–Kier alpha value is -3.26. The van der Waals surface area contributed by atoms with E-state index in [1.54, 1.807) is 0 Å². The van der Waals surface area contributed by atoms with Gasteiger partial charge in [-0.15, -0.1) is 0 Å². The number of nitrogens with zero attached hydrogens (tertiary/aromatic N) is 3. The zero-order valence-electron chi connectivity index (χ0n) is 13.6. The van der Waals surface area contributed by atoms with Crippen LogP contribution in [0.25, 0.3) is 11.4 Å². The number of rotatable bonds is 5. The highest BCUT2D eigenvalue weighted by Crippen LogP contribution is 2.25. The van der Waals surface area contributed by atoms with Crippen LogP contribution in [0.15, 0.2) is 47.0 Å². The summed E-state index contributed by atoms with van der Waals surface area (Å²) >= 11 is 5.73. The number of amides is 1. The maximum atomic E-state index is 12.2. The van der Waals surface area contributed by atoms with E-state index in [-0.39, 0.29) is 28.7 Å². The summed E-state index contributed by atoms with van der Waals surface area (Å²) in [5, 5.41) is 17.3. The molecule has 0 saturated heterocycles. The van der Waals surface area contributed by atoms with Crippen LogP contribution in [0.5, 0.6) is 0 Å². The van der Waals surface area contributed by atoms with Crippen molar-refractivity contribution in [1.82, 2.24) is 15.5 Å². The molecule has 8 nitrogen and oxygen atoms in total. The minimum absolute atomic E-state index is 0.00588. The molecule has 0 saturated carbocycles. The quantitative estimate of drug-likeness (QED) is 0.541. The molecule has 1 amide bonds. The largest absolute Gasteiger partial charge is 0.343 e. The van der Waals surface area contributed by atoms with Gasteiger partial charge in [0.2, 0.25) is 11.7 Å². The van der Waals surface area contributed by atoms with Crippen LogP contribution in [0.1, 0.15) is 21.8 Å². The van der Waals surface area contributed by atoms with Crippen LogP contribution >= 0.6 is 11.6 Å². The van der Waals surface area contributed by atoms with E-state index in [4.69, 9.17) is 16.1 Å². The molecule has 0 aliphatic rings. The van der Waals surface area contributed by atoms with Crippen LogP contribution in [0, 0.1) is 17.0 Å². The minimum Gasteiger partial charge on any atom is -0.343 e. The van der Waals surface area contributed by atoms with Gasteiger partial charge in [0, 0.05) is 17.2 Å². The topological polar surface area (TPSA) is 111 Å². The lowest BCUT2D eigenvalue weighted by Crippen LogP contribution is -2.23. The maximum absolute atomic E-state index is 12.2. The summed E-state index contributed by atoms with van der Waals surface area (Å²) in [5.74, 6) is 0.124. The number of hydrogen-bond acceptors (Lipinski definition) is 6. The molecule has 0 spiro atoms. The second-order valence-electron chi connectivity index (χ2n) is 5.49. The second kappa shape index (κ2) is 7.32. The summed E-state index contributed by atoms with van der Waals surface area (Å²) in [4.78, 5) is 26.6. The summed E-state index contributed by atoms with van der Waals surface area (Å²) in [7, 11) is 0. The predicted molar refractivity (Wildman–Crippen MR) is 93.7 cm³/mol. The van der Waals surface area contributed by atoms with Gasteiger partial charge in [-0.05, 0) is 25.1 Å². The Balaban J connectivity index is 1.69. The monoisotopic (exact) mass is 372 g/mol. The normalized spacial score (nSPS) is 10.5. The molecular weight excluding hydrogens is 360 g/mol. The molecule has 0 atom stereocenters. The van der Waals surface area contributed by atoms with Gasteiger partial charge in [0.15, 0.2) is 0 Å². The molecule has 0 fully saturated rings. The zero-order valence-corrected chi connectivity index (χ0v) is 14.4. The average Bonchev–Trinajstić information content (AvgIpc) is 3.09. The maximum Gasteiger partial charge on any atom is 0.288 e. The van der Waals surface area contributed by atoms with Crippen LogP contribution in [-0.2, 0) is 6.54 Å². The van der Waals surface area contributed by atoms with Crippen LogP contribution in [0.4, 0.5) is 5.69 Å². The molecule has 0 aliphatic heterocycles. The Labute approximate surface area is 152 Å². The number of halogens is 1. The third-order valence-corrected chi connectivity index (χ3v) is 3.87. The van der Waals surface area contributed by atoms with Crippen molar-refractivity contribution in [2.45, 2.75) is 13.5 Å². The molecule has 1 N–H and O–H groups in total. The minimum atomic E-state index is -0.648. The molecule has 0 aliphatic carbocycles. The van der Waals surface area contributed by atoms with E-state index in [2.05, 4.69) is 15.5 Å². The Kier molecular flexibility index (Phi) is 4.94. The third kappa shape index (κ3) is 3.86. The molecule has 1 aromatic heterocycles. The van der Waals surface area contributed by atoms with Crippen molar-refractivity contribution in [1.29, 1.82) is 0 Å². The van der Waals surface area contributed by atoms with Gasteiger partial charge in [0.1, 0.15) is 5.02 Å².